The monoisotopic (exact) mass is 197 g/mol. The predicted molar refractivity (Wildman–Crippen MR) is 51.6 cm³/mol. The number of hydrogen-bond acceptors (Lipinski definition) is 3. The molecule has 0 bridgehead atoms. The number of piperazine rings is 1. The van der Waals surface area contributed by atoms with E-state index in [4.69, 9.17) is 11.7 Å². The molecule has 1 aliphatic rings. The van der Waals surface area contributed by atoms with Gasteiger partial charge in [0.15, 0.2) is 0 Å². The minimum absolute atomic E-state index is 0.0417. The molecule has 1 fully saturated rings. The number of amides is 1. The van der Waals surface area contributed by atoms with Crippen LogP contribution in [0.5, 0.6) is 0 Å². The van der Waals surface area contributed by atoms with Crippen molar-refractivity contribution in [2.24, 2.45) is 0 Å². The Morgan fingerprint density at radius 3 is 2.50 bits per heavy atom. The lowest BCUT2D eigenvalue weighted by Crippen LogP contribution is -2.49. The Bertz CT molecular complexity index is 229. The third-order valence-corrected chi connectivity index (χ3v) is 2.36. The van der Waals surface area contributed by atoms with E-state index in [-0.39, 0.29) is 19.1 Å². The van der Waals surface area contributed by atoms with Gasteiger partial charge in [-0.25, -0.2) is 6.57 Å². The van der Waals surface area contributed by atoms with Gasteiger partial charge in [0.05, 0.1) is 6.61 Å². The van der Waals surface area contributed by atoms with Crippen LogP contribution in [-0.4, -0.2) is 66.7 Å². The van der Waals surface area contributed by atoms with Gasteiger partial charge in [-0.2, -0.15) is 0 Å². The fourth-order valence-electron chi connectivity index (χ4n) is 1.53. The highest BCUT2D eigenvalue weighted by molar-refractivity contribution is 5.79. The summed E-state index contributed by atoms with van der Waals surface area (Å²) < 4.78 is 0. The summed E-state index contributed by atoms with van der Waals surface area (Å²) in [7, 11) is 0. The van der Waals surface area contributed by atoms with Gasteiger partial charge < -0.3 is 14.9 Å². The molecule has 5 nitrogen and oxygen atoms in total. The summed E-state index contributed by atoms with van der Waals surface area (Å²) in [5.74, 6) is -0.0800. The first-order chi connectivity index (χ1) is 6.77. The maximum Gasteiger partial charge on any atom is 0.302 e. The summed E-state index contributed by atoms with van der Waals surface area (Å²) in [6.45, 7) is 10.3. The van der Waals surface area contributed by atoms with Crippen LogP contribution in [0.2, 0.25) is 0 Å². The van der Waals surface area contributed by atoms with Gasteiger partial charge >= 0.3 is 5.91 Å². The summed E-state index contributed by atoms with van der Waals surface area (Å²) in [5.41, 5.74) is 0. The molecule has 1 N–H and O–H groups in total. The van der Waals surface area contributed by atoms with Crippen molar-refractivity contribution in [3.8, 4) is 0 Å². The van der Waals surface area contributed by atoms with Gasteiger partial charge in [0.25, 0.3) is 6.54 Å². The molecule has 0 radical (unpaired) electrons. The molecule has 1 aliphatic heterocycles. The van der Waals surface area contributed by atoms with E-state index in [1.807, 2.05) is 0 Å². The third kappa shape index (κ3) is 2.98. The van der Waals surface area contributed by atoms with Gasteiger partial charge in [-0.1, -0.05) is 0 Å². The SMILES string of the molecule is [C-]#[N+]CC(=O)N1CCN(CCO)CC1. The number of aliphatic hydroxyl groups excluding tert-OH is 1. The third-order valence-electron chi connectivity index (χ3n) is 2.36. The second-order valence-corrected chi connectivity index (χ2v) is 3.26. The minimum atomic E-state index is -0.0800. The lowest BCUT2D eigenvalue weighted by Gasteiger charge is -2.33. The standard InChI is InChI=1S/C9H15N3O2/c1-10-8-9(14)12-4-2-11(3-5-12)6-7-13/h13H,2-8H2. The van der Waals surface area contributed by atoms with Crippen LogP contribution >= 0.6 is 0 Å². The van der Waals surface area contributed by atoms with E-state index in [9.17, 15) is 4.79 Å². The zero-order valence-corrected chi connectivity index (χ0v) is 8.15. The van der Waals surface area contributed by atoms with Crippen molar-refractivity contribution >= 4 is 5.91 Å². The largest absolute Gasteiger partial charge is 0.395 e. The van der Waals surface area contributed by atoms with Crippen LogP contribution in [-0.2, 0) is 4.79 Å². The summed E-state index contributed by atoms with van der Waals surface area (Å²) in [5, 5.41) is 8.72. The zero-order chi connectivity index (χ0) is 10.4. The lowest BCUT2D eigenvalue weighted by atomic mass is 10.3. The van der Waals surface area contributed by atoms with Crippen molar-refractivity contribution in [3.63, 3.8) is 0 Å². The number of nitrogens with zero attached hydrogens (tertiary/aromatic N) is 3. The van der Waals surface area contributed by atoms with E-state index >= 15 is 0 Å². The Hall–Kier alpha value is -1.12. The average Bonchev–Trinajstić information content (AvgIpc) is 2.20. The first-order valence-corrected chi connectivity index (χ1v) is 4.72. The molecular formula is C9H15N3O2. The van der Waals surface area contributed by atoms with Crippen molar-refractivity contribution in [1.82, 2.24) is 9.80 Å². The molecule has 0 spiro atoms. The van der Waals surface area contributed by atoms with Crippen LogP contribution in [0.25, 0.3) is 4.85 Å². The summed E-state index contributed by atoms with van der Waals surface area (Å²) >= 11 is 0. The van der Waals surface area contributed by atoms with Crippen LogP contribution in [0.3, 0.4) is 0 Å². The van der Waals surface area contributed by atoms with Crippen molar-refractivity contribution in [2.45, 2.75) is 0 Å². The normalized spacial score (nSPS) is 17.9. The molecular weight excluding hydrogens is 182 g/mol. The number of rotatable bonds is 3. The average molecular weight is 197 g/mol. The Kier molecular flexibility index (Phi) is 4.36. The zero-order valence-electron chi connectivity index (χ0n) is 8.15. The van der Waals surface area contributed by atoms with Crippen LogP contribution < -0.4 is 0 Å². The second-order valence-electron chi connectivity index (χ2n) is 3.26. The van der Waals surface area contributed by atoms with Crippen molar-refractivity contribution in [1.29, 1.82) is 0 Å². The molecule has 1 amide bonds. The van der Waals surface area contributed by atoms with Gasteiger partial charge in [0.2, 0.25) is 0 Å². The molecule has 0 unspecified atom stereocenters. The van der Waals surface area contributed by atoms with Gasteiger partial charge in [-0.15, -0.1) is 0 Å². The predicted octanol–water partition coefficient (Wildman–Crippen LogP) is -0.958. The molecule has 1 heterocycles. The molecule has 1 rings (SSSR count). The molecule has 5 heteroatoms. The molecule has 14 heavy (non-hydrogen) atoms. The second kappa shape index (κ2) is 5.58. The van der Waals surface area contributed by atoms with E-state index in [1.54, 1.807) is 4.90 Å². The van der Waals surface area contributed by atoms with Crippen molar-refractivity contribution < 1.29 is 9.90 Å². The molecule has 0 atom stereocenters. The highest BCUT2D eigenvalue weighted by Crippen LogP contribution is 2.01. The van der Waals surface area contributed by atoms with Crippen molar-refractivity contribution in [2.75, 3.05) is 45.9 Å². The molecule has 0 aromatic heterocycles. The summed E-state index contributed by atoms with van der Waals surface area (Å²) in [6.07, 6.45) is 0. The Balaban J connectivity index is 2.29. The highest BCUT2D eigenvalue weighted by atomic mass is 16.3. The number of hydrogen-bond donors (Lipinski definition) is 1. The first kappa shape index (κ1) is 11.0. The molecule has 0 saturated carbocycles. The van der Waals surface area contributed by atoms with Gasteiger partial charge in [0, 0.05) is 32.7 Å². The van der Waals surface area contributed by atoms with E-state index in [2.05, 4.69) is 9.74 Å². The smallest absolute Gasteiger partial charge is 0.302 e. The number of carbonyl (C=O) groups excluding carboxylic acids is 1. The van der Waals surface area contributed by atoms with Gasteiger partial charge in [0.1, 0.15) is 0 Å². The highest BCUT2D eigenvalue weighted by Gasteiger charge is 2.21. The number of aliphatic hydroxyl groups is 1. The topological polar surface area (TPSA) is 48.1 Å². The van der Waals surface area contributed by atoms with E-state index in [0.29, 0.717) is 19.6 Å². The first-order valence-electron chi connectivity index (χ1n) is 4.72. The Labute approximate surface area is 83.7 Å². The van der Waals surface area contributed by atoms with Crippen LogP contribution in [0.1, 0.15) is 0 Å². The summed E-state index contributed by atoms with van der Waals surface area (Å²) in [4.78, 5) is 18.2. The molecule has 1 saturated heterocycles. The number of carbonyl (C=O) groups is 1. The maximum atomic E-state index is 11.3. The van der Waals surface area contributed by atoms with Gasteiger partial charge in [-0.3, -0.25) is 9.69 Å². The molecule has 0 aromatic carbocycles. The summed E-state index contributed by atoms with van der Waals surface area (Å²) in [6, 6.07) is 0. The van der Waals surface area contributed by atoms with Crippen LogP contribution in [0.4, 0.5) is 0 Å². The lowest BCUT2D eigenvalue weighted by molar-refractivity contribution is -0.130. The van der Waals surface area contributed by atoms with Gasteiger partial charge in [-0.05, 0) is 0 Å². The fourth-order valence-corrected chi connectivity index (χ4v) is 1.53. The van der Waals surface area contributed by atoms with Crippen molar-refractivity contribution in [3.05, 3.63) is 11.4 Å². The quantitative estimate of drug-likeness (QED) is 0.593. The minimum Gasteiger partial charge on any atom is -0.395 e. The molecule has 0 aromatic rings. The van der Waals surface area contributed by atoms with Crippen LogP contribution in [0, 0.1) is 6.57 Å². The van der Waals surface area contributed by atoms with Crippen LogP contribution in [0.15, 0.2) is 0 Å². The molecule has 78 valence electrons. The molecule has 0 aliphatic carbocycles. The fraction of sp³-hybridized carbons (Fsp3) is 0.778. The number of β-amino-alcohol motifs (C(OH)–C–C–N with tert-alkyl or cyclic N) is 1. The van der Waals surface area contributed by atoms with E-state index < -0.39 is 0 Å². The Morgan fingerprint density at radius 1 is 1.36 bits per heavy atom. The maximum absolute atomic E-state index is 11.3. The van der Waals surface area contributed by atoms with E-state index in [0.717, 1.165) is 13.1 Å². The van der Waals surface area contributed by atoms with E-state index in [1.165, 1.54) is 0 Å². The Morgan fingerprint density at radius 2 is 2.00 bits per heavy atom.